The predicted molar refractivity (Wildman–Crippen MR) is 46.3 cm³/mol. The Labute approximate surface area is 76.1 Å². The van der Waals surface area contributed by atoms with E-state index in [4.69, 9.17) is 9.84 Å². The van der Waals surface area contributed by atoms with Gasteiger partial charge in [-0.25, -0.2) is 4.79 Å². The van der Waals surface area contributed by atoms with Gasteiger partial charge in [-0.05, 0) is 13.0 Å². The molecule has 2 N–H and O–H groups in total. The molecule has 0 amide bonds. The van der Waals surface area contributed by atoms with E-state index in [1.807, 2.05) is 0 Å². The second-order valence-corrected chi connectivity index (χ2v) is 3.08. The third kappa shape index (κ3) is 1.64. The Morgan fingerprint density at radius 1 is 1.69 bits per heavy atom. The predicted octanol–water partition coefficient (Wildman–Crippen LogP) is 0.333. The molecule has 2 unspecified atom stereocenters. The van der Waals surface area contributed by atoms with Crippen molar-refractivity contribution in [2.45, 2.75) is 18.6 Å². The van der Waals surface area contributed by atoms with Gasteiger partial charge in [0.25, 0.3) is 0 Å². The summed E-state index contributed by atoms with van der Waals surface area (Å²) in [4.78, 5) is 10.7. The number of carboxylic acids is 1. The Kier molecular flexibility index (Phi) is 2.54. The molecule has 1 aliphatic rings. The zero-order valence-corrected chi connectivity index (χ0v) is 7.52. The van der Waals surface area contributed by atoms with Crippen molar-refractivity contribution < 1.29 is 19.7 Å². The first-order valence-electron chi connectivity index (χ1n) is 3.87. The molecule has 4 heteroatoms. The lowest BCUT2D eigenvalue weighted by molar-refractivity contribution is -0.136. The van der Waals surface area contributed by atoms with Gasteiger partial charge in [0.2, 0.25) is 0 Å². The number of aliphatic hydroxyl groups is 1. The van der Waals surface area contributed by atoms with E-state index in [-0.39, 0.29) is 5.57 Å². The Balaban J connectivity index is 2.99. The van der Waals surface area contributed by atoms with Gasteiger partial charge >= 0.3 is 5.97 Å². The first-order chi connectivity index (χ1) is 6.01. The maximum Gasteiger partial charge on any atom is 0.334 e. The van der Waals surface area contributed by atoms with Crippen molar-refractivity contribution in [2.24, 2.45) is 0 Å². The maximum atomic E-state index is 10.7. The standard InChI is InChI=1S/C9H12O4/c1-9(13-2)5-3-4-6(7(9)10)8(11)12/h3-5,7,10H,1-2H3,(H,11,12). The topological polar surface area (TPSA) is 66.8 Å². The summed E-state index contributed by atoms with van der Waals surface area (Å²) in [7, 11) is 1.43. The summed E-state index contributed by atoms with van der Waals surface area (Å²) >= 11 is 0. The van der Waals surface area contributed by atoms with Crippen LogP contribution in [0.5, 0.6) is 0 Å². The number of aliphatic hydroxyl groups excluding tert-OH is 1. The molecule has 0 saturated carbocycles. The van der Waals surface area contributed by atoms with Crippen molar-refractivity contribution in [3.8, 4) is 0 Å². The Bertz CT molecular complexity index is 279. The van der Waals surface area contributed by atoms with Crippen molar-refractivity contribution in [2.75, 3.05) is 7.11 Å². The van der Waals surface area contributed by atoms with Crippen LogP contribution in [-0.2, 0) is 9.53 Å². The van der Waals surface area contributed by atoms with E-state index in [1.165, 1.54) is 13.2 Å². The zero-order valence-electron chi connectivity index (χ0n) is 7.52. The number of aliphatic carboxylic acids is 1. The van der Waals surface area contributed by atoms with E-state index in [9.17, 15) is 9.90 Å². The van der Waals surface area contributed by atoms with Crippen molar-refractivity contribution in [3.63, 3.8) is 0 Å². The lowest BCUT2D eigenvalue weighted by Gasteiger charge is -2.32. The molecular formula is C9H12O4. The number of ether oxygens (including phenoxy) is 1. The normalized spacial score (nSPS) is 32.8. The summed E-state index contributed by atoms with van der Waals surface area (Å²) in [5, 5.41) is 18.4. The van der Waals surface area contributed by atoms with Gasteiger partial charge in [-0.2, -0.15) is 0 Å². The van der Waals surface area contributed by atoms with Gasteiger partial charge in [0.05, 0.1) is 5.57 Å². The van der Waals surface area contributed by atoms with Crippen molar-refractivity contribution in [1.82, 2.24) is 0 Å². The summed E-state index contributed by atoms with van der Waals surface area (Å²) in [6, 6.07) is 0. The number of carboxylic acid groups (broad SMARTS) is 1. The summed E-state index contributed by atoms with van der Waals surface area (Å²) < 4.78 is 5.03. The molecule has 2 atom stereocenters. The van der Waals surface area contributed by atoms with Gasteiger partial charge in [-0.3, -0.25) is 0 Å². The molecule has 4 nitrogen and oxygen atoms in total. The number of allylic oxidation sites excluding steroid dienone is 2. The summed E-state index contributed by atoms with van der Waals surface area (Å²) in [5.74, 6) is -1.12. The van der Waals surface area contributed by atoms with Crippen LogP contribution in [0.2, 0.25) is 0 Å². The molecular weight excluding hydrogens is 172 g/mol. The highest BCUT2D eigenvalue weighted by molar-refractivity contribution is 5.89. The average molecular weight is 184 g/mol. The van der Waals surface area contributed by atoms with Gasteiger partial charge in [0.15, 0.2) is 0 Å². The second-order valence-electron chi connectivity index (χ2n) is 3.08. The van der Waals surface area contributed by atoms with Crippen LogP contribution in [-0.4, -0.2) is 35.0 Å². The average Bonchev–Trinajstić information content (AvgIpc) is 2.09. The molecule has 0 aromatic carbocycles. The fraction of sp³-hybridized carbons (Fsp3) is 0.444. The molecule has 0 spiro atoms. The highest BCUT2D eigenvalue weighted by atomic mass is 16.5. The van der Waals surface area contributed by atoms with Crippen LogP contribution < -0.4 is 0 Å². The molecule has 1 aliphatic carbocycles. The zero-order chi connectivity index (χ0) is 10.1. The third-order valence-electron chi connectivity index (χ3n) is 2.23. The molecule has 1 rings (SSSR count). The van der Waals surface area contributed by atoms with Gasteiger partial charge in [-0.1, -0.05) is 12.2 Å². The lowest BCUT2D eigenvalue weighted by atomic mass is 9.88. The SMILES string of the molecule is COC1(C)C=CC=C(C(=O)O)C1O. The van der Waals surface area contributed by atoms with E-state index in [1.54, 1.807) is 19.1 Å². The van der Waals surface area contributed by atoms with Gasteiger partial charge < -0.3 is 14.9 Å². The van der Waals surface area contributed by atoms with Crippen molar-refractivity contribution in [1.29, 1.82) is 0 Å². The molecule has 0 saturated heterocycles. The molecule has 0 heterocycles. The van der Waals surface area contributed by atoms with Crippen LogP contribution in [0.25, 0.3) is 0 Å². The molecule has 0 aromatic heterocycles. The fourth-order valence-corrected chi connectivity index (χ4v) is 1.20. The van der Waals surface area contributed by atoms with Crippen LogP contribution >= 0.6 is 0 Å². The van der Waals surface area contributed by atoms with Crippen LogP contribution in [0, 0.1) is 0 Å². The summed E-state index contributed by atoms with van der Waals surface area (Å²) in [5.41, 5.74) is -0.991. The minimum absolute atomic E-state index is 0.0492. The largest absolute Gasteiger partial charge is 0.478 e. The van der Waals surface area contributed by atoms with E-state index < -0.39 is 17.7 Å². The molecule has 0 fully saturated rings. The van der Waals surface area contributed by atoms with Crippen molar-refractivity contribution >= 4 is 5.97 Å². The minimum Gasteiger partial charge on any atom is -0.478 e. The third-order valence-corrected chi connectivity index (χ3v) is 2.23. The lowest BCUT2D eigenvalue weighted by Crippen LogP contribution is -2.43. The number of rotatable bonds is 2. The summed E-state index contributed by atoms with van der Waals surface area (Å²) in [6.07, 6.45) is 3.44. The van der Waals surface area contributed by atoms with Gasteiger partial charge in [0.1, 0.15) is 11.7 Å². The molecule has 0 aromatic rings. The summed E-state index contributed by atoms with van der Waals surface area (Å²) in [6.45, 7) is 1.63. The Morgan fingerprint density at radius 2 is 2.31 bits per heavy atom. The van der Waals surface area contributed by atoms with Crippen LogP contribution in [0.4, 0.5) is 0 Å². The maximum absolute atomic E-state index is 10.7. The Morgan fingerprint density at radius 3 is 2.77 bits per heavy atom. The van der Waals surface area contributed by atoms with Gasteiger partial charge in [-0.15, -0.1) is 0 Å². The number of carbonyl (C=O) groups is 1. The van der Waals surface area contributed by atoms with E-state index in [2.05, 4.69) is 0 Å². The molecule has 72 valence electrons. The number of methoxy groups -OCH3 is 1. The highest BCUT2D eigenvalue weighted by Crippen LogP contribution is 2.26. The van der Waals surface area contributed by atoms with Crippen molar-refractivity contribution in [3.05, 3.63) is 23.8 Å². The van der Waals surface area contributed by atoms with E-state index >= 15 is 0 Å². The number of hydrogen-bond acceptors (Lipinski definition) is 3. The first-order valence-corrected chi connectivity index (χ1v) is 3.87. The van der Waals surface area contributed by atoms with Gasteiger partial charge in [0, 0.05) is 7.11 Å². The molecule has 0 aliphatic heterocycles. The van der Waals surface area contributed by atoms with Crippen LogP contribution in [0.15, 0.2) is 23.8 Å². The van der Waals surface area contributed by atoms with Crippen LogP contribution in [0.1, 0.15) is 6.92 Å². The van der Waals surface area contributed by atoms with Crippen LogP contribution in [0.3, 0.4) is 0 Å². The highest BCUT2D eigenvalue weighted by Gasteiger charge is 2.37. The molecule has 0 radical (unpaired) electrons. The first kappa shape index (κ1) is 9.95. The van der Waals surface area contributed by atoms with E-state index in [0.29, 0.717) is 0 Å². The second kappa shape index (κ2) is 3.32. The molecule has 13 heavy (non-hydrogen) atoms. The monoisotopic (exact) mass is 184 g/mol. The smallest absolute Gasteiger partial charge is 0.334 e. The quantitative estimate of drug-likeness (QED) is 0.649. The minimum atomic E-state index is -1.13. The van der Waals surface area contributed by atoms with E-state index in [0.717, 1.165) is 0 Å². The fourth-order valence-electron chi connectivity index (χ4n) is 1.20. The number of hydrogen-bond donors (Lipinski definition) is 2. The Hall–Kier alpha value is -1.13. The molecule has 0 bridgehead atoms.